The summed E-state index contributed by atoms with van der Waals surface area (Å²) in [6, 6.07) is 6.16. The van der Waals surface area contributed by atoms with Gasteiger partial charge in [0, 0.05) is 43.3 Å². The van der Waals surface area contributed by atoms with Crippen molar-refractivity contribution in [3.63, 3.8) is 0 Å². The number of nitrogens with zero attached hydrogens (tertiary/aromatic N) is 2. The zero-order valence-corrected chi connectivity index (χ0v) is 13.7. The number of hydrogen-bond acceptors (Lipinski definition) is 4. The topological polar surface area (TPSA) is 49.6 Å². The van der Waals surface area contributed by atoms with E-state index in [1.807, 2.05) is 12.3 Å². The van der Waals surface area contributed by atoms with Crippen molar-refractivity contribution in [2.45, 2.75) is 24.8 Å². The van der Waals surface area contributed by atoms with E-state index in [0.29, 0.717) is 13.1 Å². The summed E-state index contributed by atoms with van der Waals surface area (Å²) in [6.45, 7) is 3.85. The number of anilines is 1. The third-order valence-corrected chi connectivity index (χ3v) is 4.01. The third kappa shape index (κ3) is 4.15. The number of nitrogens with two attached hydrogens (primary N) is 1. The molecule has 0 atom stereocenters. The zero-order chi connectivity index (χ0) is 15.1. The first-order valence-corrected chi connectivity index (χ1v) is 8.08. The lowest BCUT2D eigenvalue weighted by Gasteiger charge is -2.28. The van der Waals surface area contributed by atoms with E-state index in [4.69, 9.17) is 5.73 Å². The highest BCUT2D eigenvalue weighted by Crippen LogP contribution is 2.29. The molecule has 20 heavy (non-hydrogen) atoms. The average molecular weight is 295 g/mol. The van der Waals surface area contributed by atoms with Gasteiger partial charge in [-0.2, -0.15) is 0 Å². The van der Waals surface area contributed by atoms with Gasteiger partial charge in [-0.25, -0.2) is 0 Å². The van der Waals surface area contributed by atoms with Gasteiger partial charge in [-0.15, -0.1) is 11.8 Å². The van der Waals surface area contributed by atoms with Crippen LogP contribution in [0, 0.1) is 0 Å². The Morgan fingerprint density at radius 3 is 2.55 bits per heavy atom. The van der Waals surface area contributed by atoms with E-state index in [9.17, 15) is 4.79 Å². The minimum Gasteiger partial charge on any atom is -0.362 e. The van der Waals surface area contributed by atoms with Crippen molar-refractivity contribution in [3.8, 4) is 0 Å². The molecule has 0 fully saturated rings. The normalized spacial score (nSPS) is 10.4. The summed E-state index contributed by atoms with van der Waals surface area (Å²) < 4.78 is 0. The van der Waals surface area contributed by atoms with Crippen LogP contribution in [0.4, 0.5) is 5.69 Å². The van der Waals surface area contributed by atoms with Gasteiger partial charge in [-0.3, -0.25) is 4.79 Å². The number of carbonyl (C=O) groups is 1. The van der Waals surface area contributed by atoms with Crippen molar-refractivity contribution in [1.82, 2.24) is 4.90 Å². The van der Waals surface area contributed by atoms with Crippen LogP contribution in [0.3, 0.4) is 0 Å². The number of hydrogen-bond donors (Lipinski definition) is 1. The smallest absolute Gasteiger partial charge is 0.241 e. The molecular formula is C15H25N3OS. The van der Waals surface area contributed by atoms with Gasteiger partial charge in [0.05, 0.1) is 6.54 Å². The predicted octanol–water partition coefficient (Wildman–Crippen LogP) is 2.17. The molecule has 0 saturated carbocycles. The van der Waals surface area contributed by atoms with Crippen LogP contribution in [0.25, 0.3) is 0 Å². The van der Waals surface area contributed by atoms with Crippen molar-refractivity contribution < 1.29 is 4.79 Å². The van der Waals surface area contributed by atoms with Crippen LogP contribution in [0.5, 0.6) is 0 Å². The van der Waals surface area contributed by atoms with Crippen LogP contribution >= 0.6 is 11.8 Å². The Labute approximate surface area is 126 Å². The van der Waals surface area contributed by atoms with Gasteiger partial charge >= 0.3 is 0 Å². The fourth-order valence-electron chi connectivity index (χ4n) is 2.11. The van der Waals surface area contributed by atoms with E-state index in [-0.39, 0.29) is 5.91 Å². The zero-order valence-electron chi connectivity index (χ0n) is 12.8. The molecule has 1 rings (SSSR count). The Hall–Kier alpha value is -1.20. The molecule has 1 amide bonds. The molecule has 0 unspecified atom stereocenters. The molecule has 4 nitrogen and oxygen atoms in total. The Kier molecular flexibility index (Phi) is 6.88. The molecule has 112 valence electrons. The van der Waals surface area contributed by atoms with Gasteiger partial charge in [0.1, 0.15) is 0 Å². The van der Waals surface area contributed by atoms with E-state index in [0.717, 1.165) is 24.2 Å². The predicted molar refractivity (Wildman–Crippen MR) is 87.3 cm³/mol. The van der Waals surface area contributed by atoms with E-state index in [2.05, 4.69) is 24.0 Å². The number of rotatable bonds is 7. The average Bonchev–Trinajstić information content (AvgIpc) is 2.45. The third-order valence-electron chi connectivity index (χ3n) is 3.19. The molecule has 0 heterocycles. The fraction of sp³-hybridized carbons (Fsp3) is 0.533. The van der Waals surface area contributed by atoms with Gasteiger partial charge in [0.15, 0.2) is 0 Å². The maximum absolute atomic E-state index is 12.0. The molecule has 5 heteroatoms. The molecule has 0 radical (unpaired) electrons. The molecule has 0 aliphatic carbocycles. The molecule has 2 N–H and O–H groups in total. The molecule has 0 saturated heterocycles. The highest BCUT2D eigenvalue weighted by Gasteiger charge is 2.16. The second kappa shape index (κ2) is 8.17. The van der Waals surface area contributed by atoms with E-state index in [1.165, 1.54) is 4.90 Å². The summed E-state index contributed by atoms with van der Waals surface area (Å²) in [5.41, 5.74) is 8.12. The van der Waals surface area contributed by atoms with Crippen molar-refractivity contribution >= 4 is 23.4 Å². The number of likely N-dealkylation sites (N-methyl/N-ethyl adjacent to an activating group) is 1. The maximum atomic E-state index is 12.0. The van der Waals surface area contributed by atoms with E-state index >= 15 is 0 Å². The fourth-order valence-corrected chi connectivity index (χ4v) is 2.75. The largest absolute Gasteiger partial charge is 0.362 e. The molecular weight excluding hydrogens is 270 g/mol. The van der Waals surface area contributed by atoms with Crippen LogP contribution in [-0.2, 0) is 11.3 Å². The molecule has 0 spiro atoms. The van der Waals surface area contributed by atoms with Crippen LogP contribution in [0.1, 0.15) is 18.9 Å². The quantitative estimate of drug-likeness (QED) is 0.783. The summed E-state index contributed by atoms with van der Waals surface area (Å²) in [5, 5.41) is 0. The Bertz CT molecular complexity index is 449. The Morgan fingerprint density at radius 2 is 2.05 bits per heavy atom. The Morgan fingerprint density at radius 1 is 1.35 bits per heavy atom. The molecule has 0 aliphatic heterocycles. The first kappa shape index (κ1) is 16.9. The van der Waals surface area contributed by atoms with E-state index < -0.39 is 0 Å². The lowest BCUT2D eigenvalue weighted by atomic mass is 10.1. The van der Waals surface area contributed by atoms with Crippen molar-refractivity contribution in [1.29, 1.82) is 0 Å². The molecule has 0 aromatic heterocycles. The van der Waals surface area contributed by atoms with Crippen LogP contribution in [0.15, 0.2) is 23.1 Å². The number of benzene rings is 1. The van der Waals surface area contributed by atoms with Gasteiger partial charge in [-0.05, 0) is 24.8 Å². The van der Waals surface area contributed by atoms with Crippen LogP contribution < -0.4 is 10.6 Å². The van der Waals surface area contributed by atoms with Crippen molar-refractivity contribution in [2.24, 2.45) is 5.73 Å². The second-order valence-electron chi connectivity index (χ2n) is 4.87. The van der Waals surface area contributed by atoms with Crippen LogP contribution in [0.2, 0.25) is 0 Å². The first-order chi connectivity index (χ1) is 9.54. The SMILES string of the molecule is CCCN(CC(=O)N(C)C)c1cccc(SC)c1CN. The van der Waals surface area contributed by atoms with Gasteiger partial charge in [0.2, 0.25) is 5.91 Å². The second-order valence-corrected chi connectivity index (χ2v) is 5.72. The number of amides is 1. The minimum atomic E-state index is 0.107. The summed E-state index contributed by atoms with van der Waals surface area (Å²) in [4.78, 5) is 16.9. The van der Waals surface area contributed by atoms with Gasteiger partial charge in [-0.1, -0.05) is 13.0 Å². The van der Waals surface area contributed by atoms with Gasteiger partial charge in [0.25, 0.3) is 0 Å². The maximum Gasteiger partial charge on any atom is 0.241 e. The molecule has 1 aromatic carbocycles. The summed E-state index contributed by atoms with van der Waals surface area (Å²) in [5.74, 6) is 0.107. The monoisotopic (exact) mass is 295 g/mol. The van der Waals surface area contributed by atoms with Gasteiger partial charge < -0.3 is 15.5 Å². The molecule has 0 aliphatic rings. The molecule has 1 aromatic rings. The lowest BCUT2D eigenvalue weighted by molar-refractivity contribution is -0.127. The number of carbonyl (C=O) groups excluding carboxylic acids is 1. The lowest BCUT2D eigenvalue weighted by Crippen LogP contribution is -2.37. The highest BCUT2D eigenvalue weighted by molar-refractivity contribution is 7.98. The summed E-state index contributed by atoms with van der Waals surface area (Å²) in [7, 11) is 3.57. The highest BCUT2D eigenvalue weighted by atomic mass is 32.2. The first-order valence-electron chi connectivity index (χ1n) is 6.86. The minimum absolute atomic E-state index is 0.107. The van der Waals surface area contributed by atoms with Crippen molar-refractivity contribution in [3.05, 3.63) is 23.8 Å². The van der Waals surface area contributed by atoms with E-state index in [1.54, 1.807) is 30.8 Å². The summed E-state index contributed by atoms with van der Waals surface area (Å²) >= 11 is 1.69. The standard InChI is InChI=1S/C15H25N3OS/c1-5-9-18(11-15(19)17(2)3)13-7-6-8-14(20-4)12(13)10-16/h6-8H,5,9-11,16H2,1-4H3. The van der Waals surface area contributed by atoms with Crippen molar-refractivity contribution in [2.75, 3.05) is 38.3 Å². The molecule has 0 bridgehead atoms. The summed E-state index contributed by atoms with van der Waals surface area (Å²) in [6.07, 6.45) is 3.04. The Balaban J connectivity index is 3.11. The number of thioether (sulfide) groups is 1. The van der Waals surface area contributed by atoms with Crippen LogP contribution in [-0.4, -0.2) is 44.2 Å².